The summed E-state index contributed by atoms with van der Waals surface area (Å²) in [6.45, 7) is 7.15. The summed E-state index contributed by atoms with van der Waals surface area (Å²) < 4.78 is 77.9. The molecule has 9 aromatic heterocycles. The molecule has 0 radical (unpaired) electrons. The molecule has 13 rings (SSSR count). The molecule has 25 nitrogen and oxygen atoms in total. The molecule has 9 heterocycles. The van der Waals surface area contributed by atoms with Crippen LogP contribution in [0.15, 0.2) is 171 Å². The second kappa shape index (κ2) is 30.8. The van der Waals surface area contributed by atoms with Gasteiger partial charge in [-0.05, 0) is 147 Å². The number of phenolic OH excluding ortho intramolecular Hbond substituents is 1. The van der Waals surface area contributed by atoms with Crippen molar-refractivity contribution in [1.29, 1.82) is 15.8 Å². The molecule has 0 saturated carbocycles. The Labute approximate surface area is 552 Å². The number of halogens is 5. The SMILES string of the molecule is CC(Nc1ccn2ncc(-c3cn[nH]c3)c2n1)c1cc(F)ccc1OCC#N.CC(Nc1ccn2ncc(I)c2n1)c1cc(F)ccc1OCC#N.CC(Nc1ccn2nccc2n1)c1cc(F)ccc1O.CC(Nc1ccn2nccc2n1)c1cc(F)ccc1OCC#N. The van der Waals surface area contributed by atoms with E-state index in [-0.39, 0.29) is 73.0 Å². The first-order chi connectivity index (χ1) is 46.0. The zero-order chi connectivity index (χ0) is 67.0. The third-order valence-electron chi connectivity index (χ3n) is 14.1. The van der Waals surface area contributed by atoms with Gasteiger partial charge in [0.05, 0.1) is 58.7 Å². The number of nitriles is 3. The number of benzene rings is 4. The van der Waals surface area contributed by atoms with Gasteiger partial charge >= 0.3 is 0 Å². The lowest BCUT2D eigenvalue weighted by Gasteiger charge is -2.18. The van der Waals surface area contributed by atoms with E-state index in [1.807, 2.05) is 45.9 Å². The van der Waals surface area contributed by atoms with E-state index in [9.17, 15) is 22.7 Å². The molecular formula is C65H56F4IN21O4. The van der Waals surface area contributed by atoms with Crippen molar-refractivity contribution < 1.29 is 36.9 Å². The lowest BCUT2D eigenvalue weighted by atomic mass is 10.1. The van der Waals surface area contributed by atoms with E-state index in [0.717, 1.165) is 20.3 Å². The maximum Gasteiger partial charge on any atom is 0.174 e. The molecule has 0 saturated heterocycles. The van der Waals surface area contributed by atoms with E-state index in [0.29, 0.717) is 79.7 Å². The number of rotatable bonds is 19. The van der Waals surface area contributed by atoms with Crippen LogP contribution in [0.3, 0.4) is 0 Å². The minimum Gasteiger partial charge on any atom is -0.508 e. The first-order valence-corrected chi connectivity index (χ1v) is 30.0. The zero-order valence-corrected chi connectivity index (χ0v) is 53.0. The highest BCUT2D eigenvalue weighted by Crippen LogP contribution is 2.33. The van der Waals surface area contributed by atoms with E-state index in [1.165, 1.54) is 72.8 Å². The van der Waals surface area contributed by atoms with Crippen LogP contribution in [0.1, 0.15) is 74.1 Å². The zero-order valence-electron chi connectivity index (χ0n) is 50.8. The number of nitrogens with zero attached hydrogens (tertiary/aromatic N) is 16. The summed E-state index contributed by atoms with van der Waals surface area (Å²) in [6, 6.07) is 31.9. The second-order valence-corrected chi connectivity index (χ2v) is 21.8. The fraction of sp³-hybridized carbons (Fsp3) is 0.169. The molecule has 95 heavy (non-hydrogen) atoms. The van der Waals surface area contributed by atoms with Gasteiger partial charge in [-0.25, -0.2) is 55.6 Å². The standard InChI is InChI=1S/C19H16FN7O.C16H13FIN5O.C16H14FN5O.C14H13FN4O/c1-12(15-8-14(20)2-3-17(15)28-7-5-21)25-18-4-6-27-19(26-18)16(11-24-27)13-9-22-23-10-13;1-10(12-8-11(17)2-3-14(12)24-7-5-19)21-15-4-6-23-16(22-15)13(18)9-20-23;1-11(13-10-12(17)2-3-14(13)23-9-6-18)20-15-5-8-22-16(21-15)4-7-19-22;1-9(11-8-10(15)2-3-12(11)20)17-13-5-7-19-14(18-13)4-6-16-19/h2-4,6,8-12H,7H2,1H3,(H,22,23)(H,25,26);2-4,6,8-10H,7H2,1H3,(H,21,22);2-5,7-8,10-11H,9H2,1H3,(H,20,21);2-9,20H,1H3,(H,17,18). The second-order valence-electron chi connectivity index (χ2n) is 20.6. The highest BCUT2D eigenvalue weighted by Gasteiger charge is 2.19. The summed E-state index contributed by atoms with van der Waals surface area (Å²) in [7, 11) is 0. The molecule has 13 aromatic rings. The number of H-pyrrole nitrogens is 1. The molecule has 4 unspecified atom stereocenters. The number of nitrogens with one attached hydrogen (secondary N) is 5. The van der Waals surface area contributed by atoms with Gasteiger partial charge in [0.25, 0.3) is 0 Å². The van der Waals surface area contributed by atoms with Crippen LogP contribution < -0.4 is 35.5 Å². The fourth-order valence-corrected chi connectivity index (χ4v) is 10.1. The minimum absolute atomic E-state index is 0.0526. The highest BCUT2D eigenvalue weighted by molar-refractivity contribution is 14.1. The van der Waals surface area contributed by atoms with Gasteiger partial charge in [0.15, 0.2) is 42.4 Å². The van der Waals surface area contributed by atoms with E-state index in [1.54, 1.807) is 116 Å². The molecule has 0 spiro atoms. The van der Waals surface area contributed by atoms with Crippen LogP contribution in [-0.4, -0.2) is 93.5 Å². The van der Waals surface area contributed by atoms with Crippen molar-refractivity contribution in [3.8, 4) is 52.3 Å². The largest absolute Gasteiger partial charge is 0.508 e. The molecule has 0 bridgehead atoms. The number of fused-ring (bicyclic) bond motifs is 4. The van der Waals surface area contributed by atoms with E-state index < -0.39 is 0 Å². The van der Waals surface area contributed by atoms with Gasteiger partial charge in [-0.1, -0.05) is 0 Å². The van der Waals surface area contributed by atoms with Crippen LogP contribution in [-0.2, 0) is 0 Å². The summed E-state index contributed by atoms with van der Waals surface area (Å²) in [4.78, 5) is 17.9. The van der Waals surface area contributed by atoms with Gasteiger partial charge in [-0.3, -0.25) is 5.10 Å². The number of anilines is 4. The molecule has 0 fully saturated rings. The Bertz CT molecular complexity index is 4910. The van der Waals surface area contributed by atoms with Crippen LogP contribution in [0.4, 0.5) is 40.8 Å². The molecule has 30 heteroatoms. The summed E-state index contributed by atoms with van der Waals surface area (Å²) in [5, 5.41) is 72.0. The molecule has 4 atom stereocenters. The smallest absolute Gasteiger partial charge is 0.174 e. The number of phenols is 1. The van der Waals surface area contributed by atoms with Crippen molar-refractivity contribution >= 4 is 68.5 Å². The Morgan fingerprint density at radius 2 is 0.874 bits per heavy atom. The van der Waals surface area contributed by atoms with Crippen LogP contribution in [0.25, 0.3) is 33.7 Å². The van der Waals surface area contributed by atoms with Crippen LogP contribution >= 0.6 is 22.6 Å². The van der Waals surface area contributed by atoms with Crippen molar-refractivity contribution in [2.24, 2.45) is 0 Å². The summed E-state index contributed by atoms with van der Waals surface area (Å²) >= 11 is 2.17. The maximum atomic E-state index is 13.8. The number of aromatic hydroxyl groups is 1. The Morgan fingerprint density at radius 1 is 0.484 bits per heavy atom. The predicted octanol–water partition coefficient (Wildman–Crippen LogP) is 12.6. The molecule has 0 aliphatic carbocycles. The topological polar surface area (TPSA) is 317 Å². The van der Waals surface area contributed by atoms with Gasteiger partial charge in [-0.15, -0.1) is 0 Å². The van der Waals surface area contributed by atoms with Crippen molar-refractivity contribution in [3.63, 3.8) is 0 Å². The number of aromatic nitrogens is 14. The average Bonchev–Trinajstić information content (AvgIpc) is 1.71. The number of hydrogen-bond donors (Lipinski definition) is 6. The van der Waals surface area contributed by atoms with Crippen LogP contribution in [0.5, 0.6) is 23.0 Å². The van der Waals surface area contributed by atoms with Gasteiger partial charge in [-0.2, -0.15) is 41.3 Å². The van der Waals surface area contributed by atoms with Crippen molar-refractivity contribution in [1.82, 2.24) is 68.6 Å². The van der Waals surface area contributed by atoms with Crippen molar-refractivity contribution in [2.75, 3.05) is 41.1 Å². The lowest BCUT2D eigenvalue weighted by Crippen LogP contribution is -2.11. The van der Waals surface area contributed by atoms with Crippen molar-refractivity contribution in [3.05, 3.63) is 220 Å². The quantitative estimate of drug-likeness (QED) is 0.0324. The Balaban J connectivity index is 0.000000139. The third-order valence-corrected chi connectivity index (χ3v) is 14.9. The van der Waals surface area contributed by atoms with E-state index in [4.69, 9.17) is 30.0 Å². The molecule has 0 amide bonds. The molecule has 0 aliphatic heterocycles. The Kier molecular flexibility index (Phi) is 21.3. The first-order valence-electron chi connectivity index (χ1n) is 28.9. The monoisotopic (exact) mass is 1400 g/mol. The van der Waals surface area contributed by atoms with Crippen LogP contribution in [0.2, 0.25) is 0 Å². The van der Waals surface area contributed by atoms with Gasteiger partial charge in [0.2, 0.25) is 0 Å². The summed E-state index contributed by atoms with van der Waals surface area (Å²) in [5.41, 5.74) is 6.88. The minimum atomic E-state index is -0.384. The predicted molar refractivity (Wildman–Crippen MR) is 351 cm³/mol. The number of hydrogen-bond acceptors (Lipinski definition) is 20. The number of aromatic amines is 1. The first kappa shape index (κ1) is 65.8. The van der Waals surface area contributed by atoms with Crippen LogP contribution in [0, 0.1) is 60.8 Å². The average molecular weight is 1400 g/mol. The molecule has 0 aliphatic rings. The van der Waals surface area contributed by atoms with E-state index >= 15 is 0 Å². The van der Waals surface area contributed by atoms with Gasteiger partial charge in [0.1, 0.15) is 87.7 Å². The number of ether oxygens (including phenoxy) is 3. The molecular weight excluding hydrogens is 1340 g/mol. The summed E-state index contributed by atoms with van der Waals surface area (Å²) in [6.07, 6.45) is 17.4. The lowest BCUT2D eigenvalue weighted by molar-refractivity contribution is 0.361. The fourth-order valence-electron chi connectivity index (χ4n) is 9.63. The maximum absolute atomic E-state index is 13.8. The van der Waals surface area contributed by atoms with Gasteiger partial charge in [0, 0.05) is 76.5 Å². The Hall–Kier alpha value is -12.1. The van der Waals surface area contributed by atoms with Gasteiger partial charge < -0.3 is 40.6 Å². The normalized spacial score (nSPS) is 12.0. The Morgan fingerprint density at radius 3 is 1.32 bits per heavy atom. The summed E-state index contributed by atoms with van der Waals surface area (Å²) in [5.74, 6) is 2.47. The highest BCUT2D eigenvalue weighted by atomic mass is 127. The third kappa shape index (κ3) is 16.7. The molecule has 6 N–H and O–H groups in total. The van der Waals surface area contributed by atoms with E-state index in [2.05, 4.69) is 94.4 Å². The molecule has 480 valence electrons. The van der Waals surface area contributed by atoms with Crippen molar-refractivity contribution in [2.45, 2.75) is 51.9 Å². The molecule has 4 aromatic carbocycles.